The number of benzene rings is 2. The van der Waals surface area contributed by atoms with Crippen molar-refractivity contribution in [1.82, 2.24) is 4.90 Å². The lowest BCUT2D eigenvalue weighted by Crippen LogP contribution is -2.39. The molecule has 2 aromatic carbocycles. The Hall–Kier alpha value is -2.40. The van der Waals surface area contributed by atoms with E-state index in [1.165, 1.54) is 10.8 Å². The molecule has 1 N–H and O–H groups in total. The van der Waals surface area contributed by atoms with Gasteiger partial charge >= 0.3 is 5.97 Å². The molecule has 1 amide bonds. The van der Waals surface area contributed by atoms with Gasteiger partial charge in [-0.05, 0) is 42.0 Å². The Bertz CT molecular complexity index is 813. The zero-order chi connectivity index (χ0) is 17.4. The molecule has 0 bridgehead atoms. The van der Waals surface area contributed by atoms with Crippen molar-refractivity contribution in [3.63, 3.8) is 0 Å². The fourth-order valence-electron chi connectivity index (χ4n) is 4.08. The normalized spacial score (nSPS) is 26.2. The van der Waals surface area contributed by atoms with E-state index in [1.807, 2.05) is 23.1 Å². The summed E-state index contributed by atoms with van der Waals surface area (Å²) in [5, 5.41) is 11.4. The highest BCUT2D eigenvalue weighted by atomic mass is 16.5. The molecule has 0 aliphatic carbocycles. The molecule has 2 fully saturated rings. The van der Waals surface area contributed by atoms with Gasteiger partial charge < -0.3 is 14.7 Å². The molecule has 5 nitrogen and oxygen atoms in total. The van der Waals surface area contributed by atoms with Crippen molar-refractivity contribution in [2.45, 2.75) is 43.9 Å². The first-order valence-corrected chi connectivity index (χ1v) is 8.81. The summed E-state index contributed by atoms with van der Waals surface area (Å²) in [6.45, 7) is 0.699. The number of amides is 1. The van der Waals surface area contributed by atoms with Crippen LogP contribution in [0, 0.1) is 0 Å². The zero-order valence-corrected chi connectivity index (χ0v) is 13.9. The van der Waals surface area contributed by atoms with Gasteiger partial charge in [-0.1, -0.05) is 42.5 Å². The Morgan fingerprint density at radius 1 is 1.00 bits per heavy atom. The molecule has 25 heavy (non-hydrogen) atoms. The molecular weight excluding hydrogens is 318 g/mol. The third-order valence-corrected chi connectivity index (χ3v) is 5.29. The molecule has 0 radical (unpaired) electrons. The second-order valence-corrected chi connectivity index (χ2v) is 6.79. The van der Waals surface area contributed by atoms with E-state index in [1.54, 1.807) is 0 Å². The van der Waals surface area contributed by atoms with Crippen LogP contribution in [-0.2, 0) is 14.3 Å². The van der Waals surface area contributed by atoms with Crippen molar-refractivity contribution in [2.24, 2.45) is 0 Å². The third kappa shape index (κ3) is 2.89. The van der Waals surface area contributed by atoms with Gasteiger partial charge in [0, 0.05) is 6.54 Å². The van der Waals surface area contributed by atoms with Crippen molar-refractivity contribution in [2.75, 3.05) is 6.54 Å². The predicted molar refractivity (Wildman–Crippen MR) is 93.2 cm³/mol. The SMILES string of the molecule is O=C(O)[C@H]1CC[C@@H](C(=O)N2CCCC2c2cccc3ccccc23)O1. The van der Waals surface area contributed by atoms with Crippen LogP contribution in [0.3, 0.4) is 0 Å². The second kappa shape index (κ2) is 6.48. The third-order valence-electron chi connectivity index (χ3n) is 5.29. The summed E-state index contributed by atoms with van der Waals surface area (Å²) in [5.41, 5.74) is 1.16. The highest BCUT2D eigenvalue weighted by Gasteiger charge is 2.40. The van der Waals surface area contributed by atoms with Gasteiger partial charge in [0.25, 0.3) is 5.91 Å². The lowest BCUT2D eigenvalue weighted by molar-refractivity contribution is -0.155. The summed E-state index contributed by atoms with van der Waals surface area (Å²) in [6, 6.07) is 14.4. The number of carboxylic acid groups (broad SMARTS) is 1. The summed E-state index contributed by atoms with van der Waals surface area (Å²) in [7, 11) is 0. The fourth-order valence-corrected chi connectivity index (χ4v) is 4.08. The van der Waals surface area contributed by atoms with Crippen LogP contribution in [0.5, 0.6) is 0 Å². The minimum atomic E-state index is -0.984. The Morgan fingerprint density at radius 2 is 1.76 bits per heavy atom. The molecule has 130 valence electrons. The molecule has 4 rings (SSSR count). The van der Waals surface area contributed by atoms with Crippen LogP contribution >= 0.6 is 0 Å². The van der Waals surface area contributed by atoms with Crippen molar-refractivity contribution in [3.05, 3.63) is 48.0 Å². The van der Waals surface area contributed by atoms with Crippen LogP contribution in [0.25, 0.3) is 10.8 Å². The van der Waals surface area contributed by atoms with Crippen molar-refractivity contribution in [1.29, 1.82) is 0 Å². The molecule has 2 heterocycles. The predicted octanol–water partition coefficient (Wildman–Crippen LogP) is 3.14. The van der Waals surface area contributed by atoms with E-state index in [-0.39, 0.29) is 11.9 Å². The quantitative estimate of drug-likeness (QED) is 0.933. The van der Waals surface area contributed by atoms with Crippen molar-refractivity contribution >= 4 is 22.6 Å². The van der Waals surface area contributed by atoms with Crippen LogP contribution in [0.2, 0.25) is 0 Å². The first kappa shape index (κ1) is 16.1. The van der Waals surface area contributed by atoms with Crippen molar-refractivity contribution < 1.29 is 19.4 Å². The number of aliphatic carboxylic acids is 1. The maximum absolute atomic E-state index is 12.9. The van der Waals surface area contributed by atoms with Gasteiger partial charge in [-0.15, -0.1) is 0 Å². The Morgan fingerprint density at radius 3 is 2.56 bits per heavy atom. The van der Waals surface area contributed by atoms with Crippen LogP contribution in [0.4, 0.5) is 0 Å². The number of carbonyl (C=O) groups is 2. The largest absolute Gasteiger partial charge is 0.479 e. The van der Waals surface area contributed by atoms with Gasteiger partial charge in [0.1, 0.15) is 6.10 Å². The minimum Gasteiger partial charge on any atom is -0.479 e. The number of nitrogens with zero attached hydrogens (tertiary/aromatic N) is 1. The van der Waals surface area contributed by atoms with Crippen molar-refractivity contribution in [3.8, 4) is 0 Å². The van der Waals surface area contributed by atoms with E-state index in [9.17, 15) is 9.59 Å². The average molecular weight is 339 g/mol. The number of rotatable bonds is 3. The summed E-state index contributed by atoms with van der Waals surface area (Å²) in [5.74, 6) is -1.05. The van der Waals surface area contributed by atoms with Crippen LogP contribution < -0.4 is 0 Å². The number of carboxylic acids is 1. The standard InChI is InChI=1S/C20H21NO4/c22-19(17-10-11-18(25-17)20(23)24)21-12-4-9-16(21)15-8-3-6-13-5-1-2-7-14(13)15/h1-3,5-8,16-18H,4,9-12H2,(H,23,24)/t16?,17-,18+/m0/s1. The monoisotopic (exact) mass is 339 g/mol. The molecule has 2 aromatic rings. The molecular formula is C20H21NO4. The highest BCUT2D eigenvalue weighted by Crippen LogP contribution is 2.37. The van der Waals surface area contributed by atoms with Gasteiger partial charge in [-0.2, -0.15) is 0 Å². The van der Waals surface area contributed by atoms with Gasteiger partial charge in [-0.3, -0.25) is 4.79 Å². The Labute approximate surface area is 146 Å². The Balaban J connectivity index is 1.60. The molecule has 1 unspecified atom stereocenters. The number of carbonyl (C=O) groups excluding carboxylic acids is 1. The summed E-state index contributed by atoms with van der Waals surface area (Å²) < 4.78 is 5.48. The van der Waals surface area contributed by atoms with Gasteiger partial charge in [0.15, 0.2) is 6.10 Å². The topological polar surface area (TPSA) is 66.8 Å². The molecule has 3 atom stereocenters. The molecule has 2 saturated heterocycles. The van der Waals surface area contributed by atoms with Gasteiger partial charge in [-0.25, -0.2) is 4.79 Å². The van der Waals surface area contributed by atoms with Crippen LogP contribution in [0.15, 0.2) is 42.5 Å². The average Bonchev–Trinajstić information content (AvgIpc) is 3.30. The highest BCUT2D eigenvalue weighted by molar-refractivity contribution is 5.88. The maximum Gasteiger partial charge on any atom is 0.332 e. The van der Waals surface area contributed by atoms with E-state index in [2.05, 4.69) is 24.3 Å². The summed E-state index contributed by atoms with van der Waals surface area (Å²) >= 11 is 0. The van der Waals surface area contributed by atoms with E-state index in [4.69, 9.17) is 9.84 Å². The van der Waals surface area contributed by atoms with Crippen LogP contribution in [-0.4, -0.2) is 40.6 Å². The molecule has 0 spiro atoms. The van der Waals surface area contributed by atoms with Crippen LogP contribution in [0.1, 0.15) is 37.3 Å². The number of fused-ring (bicyclic) bond motifs is 1. The molecule has 2 aliphatic heterocycles. The summed E-state index contributed by atoms with van der Waals surface area (Å²) in [6.07, 6.45) is 1.28. The van der Waals surface area contributed by atoms with E-state index in [0.717, 1.165) is 18.4 Å². The molecule has 0 aromatic heterocycles. The lowest BCUT2D eigenvalue weighted by atomic mass is 9.97. The first-order valence-electron chi connectivity index (χ1n) is 8.81. The number of ether oxygens (including phenoxy) is 1. The molecule has 0 saturated carbocycles. The fraction of sp³-hybridized carbons (Fsp3) is 0.400. The minimum absolute atomic E-state index is 0.0334. The maximum atomic E-state index is 12.9. The molecule has 2 aliphatic rings. The number of likely N-dealkylation sites (tertiary alicyclic amines) is 1. The lowest BCUT2D eigenvalue weighted by Gasteiger charge is -2.28. The van der Waals surface area contributed by atoms with Gasteiger partial charge in [0.2, 0.25) is 0 Å². The second-order valence-electron chi connectivity index (χ2n) is 6.79. The first-order chi connectivity index (χ1) is 12.1. The number of hydrogen-bond donors (Lipinski definition) is 1. The van der Waals surface area contributed by atoms with E-state index >= 15 is 0 Å². The smallest absolute Gasteiger partial charge is 0.332 e. The number of hydrogen-bond acceptors (Lipinski definition) is 3. The van der Waals surface area contributed by atoms with E-state index < -0.39 is 18.2 Å². The summed E-state index contributed by atoms with van der Waals surface area (Å²) in [4.78, 5) is 25.9. The molecule has 5 heteroatoms. The zero-order valence-electron chi connectivity index (χ0n) is 13.9. The van der Waals surface area contributed by atoms with E-state index in [0.29, 0.717) is 19.4 Å². The Kier molecular flexibility index (Phi) is 4.17. The van der Waals surface area contributed by atoms with Gasteiger partial charge in [0.05, 0.1) is 6.04 Å².